The van der Waals surface area contributed by atoms with Gasteiger partial charge < -0.3 is 15.3 Å². The lowest BCUT2D eigenvalue weighted by atomic mass is 10.1. The first-order valence-corrected chi connectivity index (χ1v) is 6.47. The number of hydrogen-bond donors (Lipinski definition) is 2. The van der Waals surface area contributed by atoms with Crippen molar-refractivity contribution in [1.82, 2.24) is 9.88 Å². The van der Waals surface area contributed by atoms with Gasteiger partial charge >= 0.3 is 0 Å². The Bertz CT molecular complexity index is 557. The maximum Gasteiger partial charge on any atom is 0.209 e. The molecule has 104 valence electrons. The average molecular weight is 263 g/mol. The fourth-order valence-corrected chi connectivity index (χ4v) is 2.10. The van der Waals surface area contributed by atoms with E-state index in [4.69, 9.17) is 10.2 Å². The molecule has 0 aliphatic carbocycles. The first-order chi connectivity index (χ1) is 8.89. The summed E-state index contributed by atoms with van der Waals surface area (Å²) < 4.78 is 5.68. The number of aromatic nitrogens is 1. The lowest BCUT2D eigenvalue weighted by molar-refractivity contribution is 0.0330. The van der Waals surface area contributed by atoms with E-state index in [-0.39, 0.29) is 0 Å². The average Bonchev–Trinajstić information content (AvgIpc) is 2.70. The maximum atomic E-state index is 9.87. The van der Waals surface area contributed by atoms with Crippen LogP contribution >= 0.6 is 0 Å². The minimum atomic E-state index is -0.735. The molecule has 3 N–H and O–H groups in total. The Morgan fingerprint density at radius 1 is 1.42 bits per heavy atom. The van der Waals surface area contributed by atoms with Crippen LogP contribution in [0.2, 0.25) is 0 Å². The van der Waals surface area contributed by atoms with Crippen molar-refractivity contribution in [1.29, 1.82) is 0 Å². The van der Waals surface area contributed by atoms with Crippen LogP contribution in [0.3, 0.4) is 0 Å². The Morgan fingerprint density at radius 3 is 2.74 bits per heavy atom. The van der Waals surface area contributed by atoms with Crippen molar-refractivity contribution in [2.24, 2.45) is 0 Å². The van der Waals surface area contributed by atoms with Crippen molar-refractivity contribution >= 4 is 16.8 Å². The van der Waals surface area contributed by atoms with E-state index in [0.29, 0.717) is 35.8 Å². The molecule has 2 rings (SSSR count). The van der Waals surface area contributed by atoms with Gasteiger partial charge in [0.15, 0.2) is 5.58 Å². The molecule has 0 aliphatic rings. The summed E-state index contributed by atoms with van der Waals surface area (Å²) in [6, 6.07) is 5.51. The number of aliphatic hydroxyl groups is 1. The highest BCUT2D eigenvalue weighted by Gasteiger charge is 2.19. The molecule has 2 aromatic rings. The minimum absolute atomic E-state index is 0.564. The van der Waals surface area contributed by atoms with Crippen LogP contribution in [0, 0.1) is 0 Å². The van der Waals surface area contributed by atoms with Gasteiger partial charge in [0.25, 0.3) is 0 Å². The molecule has 19 heavy (non-hydrogen) atoms. The number of oxazole rings is 1. The standard InChI is InChI=1S/C14H21N3O2/c1-4-17(9-14(2,3)18)8-12-16-13-10(15)6-5-7-11(13)19-12/h5-7,18H,4,8-9,15H2,1-3H3. The van der Waals surface area contributed by atoms with Gasteiger partial charge in [0, 0.05) is 6.54 Å². The Kier molecular flexibility index (Phi) is 3.78. The van der Waals surface area contributed by atoms with E-state index < -0.39 is 5.60 Å². The van der Waals surface area contributed by atoms with E-state index in [0.717, 1.165) is 6.54 Å². The topological polar surface area (TPSA) is 75.5 Å². The summed E-state index contributed by atoms with van der Waals surface area (Å²) in [5.41, 5.74) is 7.16. The smallest absolute Gasteiger partial charge is 0.209 e. The molecular weight excluding hydrogens is 242 g/mol. The number of hydrogen-bond acceptors (Lipinski definition) is 5. The van der Waals surface area contributed by atoms with Gasteiger partial charge in [-0.1, -0.05) is 13.0 Å². The van der Waals surface area contributed by atoms with Gasteiger partial charge in [-0.15, -0.1) is 0 Å². The molecule has 5 nitrogen and oxygen atoms in total. The molecule has 0 spiro atoms. The number of fused-ring (bicyclic) bond motifs is 1. The highest BCUT2D eigenvalue weighted by Crippen LogP contribution is 2.22. The monoisotopic (exact) mass is 263 g/mol. The van der Waals surface area contributed by atoms with Crippen molar-refractivity contribution < 1.29 is 9.52 Å². The minimum Gasteiger partial charge on any atom is -0.439 e. The highest BCUT2D eigenvalue weighted by atomic mass is 16.3. The Hall–Kier alpha value is -1.59. The first kappa shape index (κ1) is 13.8. The number of nitrogens with zero attached hydrogens (tertiary/aromatic N) is 2. The molecule has 1 heterocycles. The third kappa shape index (κ3) is 3.45. The Balaban J connectivity index is 2.18. The first-order valence-electron chi connectivity index (χ1n) is 6.47. The molecular formula is C14H21N3O2. The number of likely N-dealkylation sites (N-methyl/N-ethyl adjacent to an activating group) is 1. The van der Waals surface area contributed by atoms with Crippen LogP contribution in [-0.2, 0) is 6.54 Å². The Morgan fingerprint density at radius 2 is 2.16 bits per heavy atom. The summed E-state index contributed by atoms with van der Waals surface area (Å²) in [5, 5.41) is 9.87. The van der Waals surface area contributed by atoms with Crippen LogP contribution in [0.1, 0.15) is 26.7 Å². The molecule has 0 fully saturated rings. The quantitative estimate of drug-likeness (QED) is 0.807. The molecule has 0 saturated carbocycles. The van der Waals surface area contributed by atoms with Crippen LogP contribution in [0.4, 0.5) is 5.69 Å². The van der Waals surface area contributed by atoms with Crippen LogP contribution < -0.4 is 5.73 Å². The molecule has 0 radical (unpaired) electrons. The summed E-state index contributed by atoms with van der Waals surface area (Å²) in [7, 11) is 0. The fourth-order valence-electron chi connectivity index (χ4n) is 2.10. The SMILES string of the molecule is CCN(Cc1nc2c(N)cccc2o1)CC(C)(C)O. The van der Waals surface area contributed by atoms with Crippen LogP contribution in [-0.4, -0.2) is 33.7 Å². The van der Waals surface area contributed by atoms with E-state index in [2.05, 4.69) is 9.88 Å². The van der Waals surface area contributed by atoms with Crippen molar-refractivity contribution in [3.63, 3.8) is 0 Å². The van der Waals surface area contributed by atoms with Crippen molar-refractivity contribution in [2.45, 2.75) is 32.9 Å². The van der Waals surface area contributed by atoms with E-state index in [9.17, 15) is 5.11 Å². The van der Waals surface area contributed by atoms with Gasteiger partial charge in [0.05, 0.1) is 17.8 Å². The molecule has 1 aromatic heterocycles. The summed E-state index contributed by atoms with van der Waals surface area (Å²) in [4.78, 5) is 6.50. The summed E-state index contributed by atoms with van der Waals surface area (Å²) in [6.45, 7) is 7.58. The lowest BCUT2D eigenvalue weighted by Gasteiger charge is -2.26. The second kappa shape index (κ2) is 5.19. The molecule has 0 bridgehead atoms. The van der Waals surface area contributed by atoms with Crippen molar-refractivity contribution in [2.75, 3.05) is 18.8 Å². The second-order valence-electron chi connectivity index (χ2n) is 5.42. The lowest BCUT2D eigenvalue weighted by Crippen LogP contribution is -2.38. The van der Waals surface area contributed by atoms with Gasteiger partial charge in [0.2, 0.25) is 5.89 Å². The van der Waals surface area contributed by atoms with Crippen molar-refractivity contribution in [3.05, 3.63) is 24.1 Å². The zero-order valence-corrected chi connectivity index (χ0v) is 11.7. The predicted molar refractivity (Wildman–Crippen MR) is 75.7 cm³/mol. The molecule has 0 atom stereocenters. The van der Waals surface area contributed by atoms with E-state index in [1.54, 1.807) is 13.8 Å². The van der Waals surface area contributed by atoms with Crippen LogP contribution in [0.15, 0.2) is 22.6 Å². The number of benzene rings is 1. The number of anilines is 1. The highest BCUT2D eigenvalue weighted by molar-refractivity contribution is 5.85. The largest absolute Gasteiger partial charge is 0.439 e. The van der Waals surface area contributed by atoms with E-state index in [1.807, 2.05) is 25.1 Å². The zero-order valence-electron chi connectivity index (χ0n) is 11.7. The molecule has 0 amide bonds. The molecule has 0 unspecified atom stereocenters. The number of para-hydroxylation sites is 1. The normalized spacial score (nSPS) is 12.5. The number of nitrogens with two attached hydrogens (primary N) is 1. The molecule has 0 saturated heterocycles. The second-order valence-corrected chi connectivity index (χ2v) is 5.42. The van der Waals surface area contributed by atoms with Gasteiger partial charge in [-0.25, -0.2) is 4.98 Å². The van der Waals surface area contributed by atoms with Crippen molar-refractivity contribution in [3.8, 4) is 0 Å². The predicted octanol–water partition coefficient (Wildman–Crippen LogP) is 2.00. The summed E-state index contributed by atoms with van der Waals surface area (Å²) >= 11 is 0. The number of nitrogen functional groups attached to an aromatic ring is 1. The zero-order chi connectivity index (χ0) is 14.0. The molecule has 1 aromatic carbocycles. The van der Waals surface area contributed by atoms with Gasteiger partial charge in [-0.2, -0.15) is 0 Å². The fraction of sp³-hybridized carbons (Fsp3) is 0.500. The van der Waals surface area contributed by atoms with Crippen LogP contribution in [0.5, 0.6) is 0 Å². The Labute approximate surface area is 113 Å². The van der Waals surface area contributed by atoms with E-state index >= 15 is 0 Å². The van der Waals surface area contributed by atoms with Gasteiger partial charge in [-0.05, 0) is 32.5 Å². The third-order valence-corrected chi connectivity index (χ3v) is 2.91. The third-order valence-electron chi connectivity index (χ3n) is 2.91. The molecule has 5 heteroatoms. The summed E-state index contributed by atoms with van der Waals surface area (Å²) in [5.74, 6) is 0.624. The van der Waals surface area contributed by atoms with Gasteiger partial charge in [0.1, 0.15) is 5.52 Å². The van der Waals surface area contributed by atoms with E-state index in [1.165, 1.54) is 0 Å². The number of rotatable bonds is 5. The summed E-state index contributed by atoms with van der Waals surface area (Å²) in [6.07, 6.45) is 0. The van der Waals surface area contributed by atoms with Crippen LogP contribution in [0.25, 0.3) is 11.1 Å². The maximum absolute atomic E-state index is 9.87. The molecule has 0 aliphatic heterocycles. The van der Waals surface area contributed by atoms with Gasteiger partial charge in [-0.3, -0.25) is 4.90 Å².